The highest BCUT2D eigenvalue weighted by atomic mass is 16.3. The number of benzene rings is 2. The summed E-state index contributed by atoms with van der Waals surface area (Å²) in [5, 5.41) is 15.3. The zero-order chi connectivity index (χ0) is 24.8. The Morgan fingerprint density at radius 2 is 1.67 bits per heavy atom. The van der Waals surface area contributed by atoms with E-state index in [0.29, 0.717) is 35.4 Å². The lowest BCUT2D eigenvalue weighted by Crippen LogP contribution is -2.37. The number of likely N-dealkylation sites (tertiary alicyclic amines) is 1. The molecular formula is C29H30N4O3. The molecule has 2 aliphatic rings. The molecule has 6 rings (SSSR count). The van der Waals surface area contributed by atoms with E-state index in [-0.39, 0.29) is 0 Å². The van der Waals surface area contributed by atoms with Gasteiger partial charge in [-0.15, -0.1) is 0 Å². The lowest BCUT2D eigenvalue weighted by Gasteiger charge is -2.28. The molecular weight excluding hydrogens is 452 g/mol. The Hall–Kier alpha value is -3.68. The van der Waals surface area contributed by atoms with E-state index in [2.05, 4.69) is 21.3 Å². The number of amides is 2. The van der Waals surface area contributed by atoms with E-state index >= 15 is 0 Å². The number of carbonyl (C=O) groups excluding carboxylic acids is 2. The number of H-pyrrole nitrogens is 1. The molecule has 7 nitrogen and oxygen atoms in total. The number of para-hydroxylation sites is 1. The third-order valence-electron chi connectivity index (χ3n) is 7.42. The summed E-state index contributed by atoms with van der Waals surface area (Å²) in [7, 11) is 0. The summed E-state index contributed by atoms with van der Waals surface area (Å²) in [5.41, 5.74) is 5.12. The van der Waals surface area contributed by atoms with Gasteiger partial charge in [0.2, 0.25) is 0 Å². The first-order valence-electron chi connectivity index (χ1n) is 12.7. The van der Waals surface area contributed by atoms with Crippen LogP contribution < -0.4 is 5.32 Å². The molecule has 2 aromatic carbocycles. The molecule has 1 saturated heterocycles. The van der Waals surface area contributed by atoms with Gasteiger partial charge in [-0.1, -0.05) is 36.8 Å². The Kier molecular flexibility index (Phi) is 5.74. The average molecular weight is 483 g/mol. The second-order valence-corrected chi connectivity index (χ2v) is 10.0. The summed E-state index contributed by atoms with van der Waals surface area (Å²) in [6.45, 7) is 5.13. The van der Waals surface area contributed by atoms with Crippen LogP contribution in [0.5, 0.6) is 0 Å². The van der Waals surface area contributed by atoms with Crippen molar-refractivity contribution >= 4 is 44.8 Å². The van der Waals surface area contributed by atoms with E-state index in [1.54, 1.807) is 6.20 Å². The molecule has 3 N–H and O–H groups in total. The zero-order valence-corrected chi connectivity index (χ0v) is 20.4. The molecule has 0 saturated carbocycles. The third kappa shape index (κ3) is 3.94. The van der Waals surface area contributed by atoms with E-state index in [0.717, 1.165) is 40.5 Å². The standard InChI is InChI=1S/C29H30N4O3/c1-18-9-10-21-23(17-33(25(21)13-18)16-19(34)15-32-11-5-2-6-12-32)27-26(28(35)31-29(27)36)22-14-30-24-8-4-3-7-20(22)24/h3-4,7-10,13-14,17,19,30,34H,2,5-6,11-12,15-16H2,1H3,(H,31,35,36). The van der Waals surface area contributed by atoms with Crippen LogP contribution in [0.3, 0.4) is 0 Å². The van der Waals surface area contributed by atoms with Crippen LogP contribution in [-0.4, -0.2) is 57.1 Å². The summed E-state index contributed by atoms with van der Waals surface area (Å²) in [4.78, 5) is 31.8. The number of rotatable bonds is 6. The molecule has 2 amide bonds. The minimum absolute atomic E-state index is 0.378. The average Bonchev–Trinajstić information content (AvgIpc) is 3.52. The summed E-state index contributed by atoms with van der Waals surface area (Å²) in [6.07, 6.45) is 6.79. The van der Waals surface area contributed by atoms with E-state index in [1.165, 1.54) is 19.3 Å². The van der Waals surface area contributed by atoms with Crippen LogP contribution in [0.2, 0.25) is 0 Å². The number of aromatic nitrogens is 2. The Labute approximate surface area is 209 Å². The van der Waals surface area contributed by atoms with Gasteiger partial charge in [0.15, 0.2) is 0 Å². The maximum atomic E-state index is 13.2. The van der Waals surface area contributed by atoms with Crippen molar-refractivity contribution in [3.8, 4) is 0 Å². The minimum atomic E-state index is -0.534. The number of hydrogen-bond donors (Lipinski definition) is 3. The normalized spacial score (nSPS) is 17.9. The number of fused-ring (bicyclic) bond motifs is 2. The predicted octanol–water partition coefficient (Wildman–Crippen LogP) is 3.85. The van der Waals surface area contributed by atoms with Crippen LogP contribution in [-0.2, 0) is 16.1 Å². The number of nitrogens with one attached hydrogen (secondary N) is 2. The molecule has 0 spiro atoms. The fraction of sp³-hybridized carbons (Fsp3) is 0.310. The van der Waals surface area contributed by atoms with Gasteiger partial charge in [-0.3, -0.25) is 14.9 Å². The first kappa shape index (κ1) is 22.8. The maximum Gasteiger partial charge on any atom is 0.259 e. The number of piperidine rings is 1. The fourth-order valence-corrected chi connectivity index (χ4v) is 5.72. The van der Waals surface area contributed by atoms with Crippen molar-refractivity contribution in [2.24, 2.45) is 0 Å². The molecule has 36 heavy (non-hydrogen) atoms. The van der Waals surface area contributed by atoms with Crippen LogP contribution >= 0.6 is 0 Å². The fourth-order valence-electron chi connectivity index (χ4n) is 5.72. The van der Waals surface area contributed by atoms with E-state index in [4.69, 9.17) is 0 Å². The van der Waals surface area contributed by atoms with Crippen LogP contribution in [0.15, 0.2) is 54.9 Å². The number of nitrogens with zero attached hydrogens (tertiary/aromatic N) is 2. The second kappa shape index (κ2) is 9.08. The number of aliphatic hydroxyl groups is 1. The lowest BCUT2D eigenvalue weighted by molar-refractivity contribution is -0.122. The molecule has 2 aromatic heterocycles. The number of imide groups is 1. The summed E-state index contributed by atoms with van der Waals surface area (Å²) in [6, 6.07) is 13.9. The highest BCUT2D eigenvalue weighted by Gasteiger charge is 2.35. The van der Waals surface area contributed by atoms with E-state index in [9.17, 15) is 14.7 Å². The van der Waals surface area contributed by atoms with Crippen LogP contribution in [0.4, 0.5) is 0 Å². The Bertz CT molecular complexity index is 1520. The predicted molar refractivity (Wildman–Crippen MR) is 141 cm³/mol. The van der Waals surface area contributed by atoms with Crippen molar-refractivity contribution in [3.63, 3.8) is 0 Å². The smallest absolute Gasteiger partial charge is 0.259 e. The molecule has 2 aliphatic heterocycles. The van der Waals surface area contributed by atoms with Gasteiger partial charge in [0.05, 0.1) is 17.3 Å². The van der Waals surface area contributed by atoms with E-state index in [1.807, 2.05) is 54.1 Å². The SMILES string of the molecule is Cc1ccc2c(C3=C(c4c[nH]c5ccccc45)C(=O)NC3=O)cn(CC(O)CN3CCCCC3)c2c1. The molecule has 4 heterocycles. The highest BCUT2D eigenvalue weighted by Crippen LogP contribution is 2.38. The number of aliphatic hydroxyl groups excluding tert-OH is 1. The van der Waals surface area contributed by atoms with Crippen LogP contribution in [0.25, 0.3) is 33.0 Å². The van der Waals surface area contributed by atoms with Gasteiger partial charge in [-0.25, -0.2) is 0 Å². The van der Waals surface area contributed by atoms with Gasteiger partial charge < -0.3 is 19.6 Å². The van der Waals surface area contributed by atoms with Crippen molar-refractivity contribution < 1.29 is 14.7 Å². The molecule has 0 radical (unpaired) electrons. The van der Waals surface area contributed by atoms with Gasteiger partial charge in [0.25, 0.3) is 11.8 Å². The molecule has 1 atom stereocenters. The Morgan fingerprint density at radius 1 is 0.917 bits per heavy atom. The number of β-amino-alcohol motifs (C(OH)–C–C–N with tert-alkyl or cyclic N) is 1. The zero-order valence-electron chi connectivity index (χ0n) is 20.4. The number of hydrogen-bond acceptors (Lipinski definition) is 4. The molecule has 7 heteroatoms. The van der Waals surface area contributed by atoms with Crippen LogP contribution in [0.1, 0.15) is 36.0 Å². The first-order valence-corrected chi connectivity index (χ1v) is 12.7. The van der Waals surface area contributed by atoms with Crippen molar-refractivity contribution in [2.75, 3.05) is 19.6 Å². The first-order chi connectivity index (χ1) is 17.5. The molecule has 0 bridgehead atoms. The molecule has 0 aliphatic carbocycles. The number of aromatic amines is 1. The number of aryl methyl sites for hydroxylation is 1. The van der Waals surface area contributed by atoms with Crippen molar-refractivity contribution in [1.82, 2.24) is 19.8 Å². The number of carbonyl (C=O) groups is 2. The quantitative estimate of drug-likeness (QED) is 0.364. The van der Waals surface area contributed by atoms with Gasteiger partial charge in [-0.2, -0.15) is 0 Å². The van der Waals surface area contributed by atoms with Crippen molar-refractivity contribution in [3.05, 3.63) is 71.5 Å². The van der Waals surface area contributed by atoms with Crippen LogP contribution in [0, 0.1) is 6.92 Å². The van der Waals surface area contributed by atoms with Crippen molar-refractivity contribution in [1.29, 1.82) is 0 Å². The van der Waals surface area contributed by atoms with Crippen molar-refractivity contribution in [2.45, 2.75) is 38.8 Å². The molecule has 184 valence electrons. The molecule has 1 fully saturated rings. The maximum absolute atomic E-state index is 13.2. The third-order valence-corrected chi connectivity index (χ3v) is 7.42. The largest absolute Gasteiger partial charge is 0.390 e. The monoisotopic (exact) mass is 482 g/mol. The minimum Gasteiger partial charge on any atom is -0.390 e. The second-order valence-electron chi connectivity index (χ2n) is 10.0. The topological polar surface area (TPSA) is 90.4 Å². The van der Waals surface area contributed by atoms with Gasteiger partial charge in [0.1, 0.15) is 0 Å². The summed E-state index contributed by atoms with van der Waals surface area (Å²) < 4.78 is 2.03. The highest BCUT2D eigenvalue weighted by molar-refractivity contribution is 6.50. The Morgan fingerprint density at radius 3 is 2.47 bits per heavy atom. The molecule has 1 unspecified atom stereocenters. The Balaban J connectivity index is 1.46. The van der Waals surface area contributed by atoms with E-state index < -0.39 is 17.9 Å². The van der Waals surface area contributed by atoms with Gasteiger partial charge in [0, 0.05) is 58.4 Å². The lowest BCUT2D eigenvalue weighted by atomic mass is 9.95. The summed E-state index contributed by atoms with van der Waals surface area (Å²) in [5.74, 6) is -0.785. The molecule has 4 aromatic rings. The summed E-state index contributed by atoms with van der Waals surface area (Å²) >= 11 is 0. The van der Waals surface area contributed by atoms with Gasteiger partial charge in [-0.05, 0) is 50.6 Å². The van der Waals surface area contributed by atoms with Gasteiger partial charge >= 0.3 is 0 Å².